The molecule has 1 N–H and O–H groups in total. The SMILES string of the molecule is CCOC(=O)c1ccc(NC(=O)C2CN(S(=O)(=O)c3ccc(C)cc3)c3ccccc3O2)c(C)c1. The van der Waals surface area contributed by atoms with Crippen LogP contribution in [0.15, 0.2) is 71.6 Å². The van der Waals surface area contributed by atoms with Crippen LogP contribution in [0.5, 0.6) is 5.75 Å². The minimum atomic E-state index is -3.94. The zero-order chi connectivity index (χ0) is 25.2. The highest BCUT2D eigenvalue weighted by Crippen LogP contribution is 2.37. The van der Waals surface area contributed by atoms with E-state index in [1.54, 1.807) is 80.6 Å². The maximum Gasteiger partial charge on any atom is 0.338 e. The smallest absolute Gasteiger partial charge is 0.338 e. The van der Waals surface area contributed by atoms with Gasteiger partial charge in [0, 0.05) is 5.69 Å². The quantitative estimate of drug-likeness (QED) is 0.518. The van der Waals surface area contributed by atoms with Crippen LogP contribution in [0.1, 0.15) is 28.4 Å². The number of nitrogens with zero attached hydrogens (tertiary/aromatic N) is 1. The fourth-order valence-electron chi connectivity index (χ4n) is 3.76. The predicted molar refractivity (Wildman–Crippen MR) is 132 cm³/mol. The zero-order valence-electron chi connectivity index (χ0n) is 19.6. The molecule has 0 fully saturated rings. The van der Waals surface area contributed by atoms with Crippen molar-refractivity contribution >= 4 is 33.3 Å². The van der Waals surface area contributed by atoms with Gasteiger partial charge in [-0.1, -0.05) is 29.8 Å². The number of ether oxygens (including phenoxy) is 2. The van der Waals surface area contributed by atoms with Gasteiger partial charge in [-0.15, -0.1) is 0 Å². The molecule has 1 heterocycles. The van der Waals surface area contributed by atoms with Crippen LogP contribution < -0.4 is 14.4 Å². The Kier molecular flexibility index (Phi) is 6.79. The first kappa shape index (κ1) is 24.3. The van der Waals surface area contributed by atoms with Crippen molar-refractivity contribution in [2.24, 2.45) is 0 Å². The Balaban J connectivity index is 1.60. The van der Waals surface area contributed by atoms with Gasteiger partial charge in [0.1, 0.15) is 5.75 Å². The fourth-order valence-corrected chi connectivity index (χ4v) is 5.24. The van der Waals surface area contributed by atoms with Crippen LogP contribution in [0.3, 0.4) is 0 Å². The van der Waals surface area contributed by atoms with Crippen molar-refractivity contribution in [3.63, 3.8) is 0 Å². The summed E-state index contributed by atoms with van der Waals surface area (Å²) >= 11 is 0. The number of rotatable bonds is 6. The lowest BCUT2D eigenvalue weighted by Gasteiger charge is -2.34. The summed E-state index contributed by atoms with van der Waals surface area (Å²) in [5.74, 6) is -0.655. The van der Waals surface area contributed by atoms with E-state index in [0.29, 0.717) is 28.3 Å². The minimum absolute atomic E-state index is 0.129. The van der Waals surface area contributed by atoms with E-state index in [9.17, 15) is 18.0 Å². The van der Waals surface area contributed by atoms with Gasteiger partial charge in [0.2, 0.25) is 0 Å². The van der Waals surface area contributed by atoms with Crippen LogP contribution in [0.2, 0.25) is 0 Å². The van der Waals surface area contributed by atoms with Crippen molar-refractivity contribution < 1.29 is 27.5 Å². The van der Waals surface area contributed by atoms with E-state index in [1.165, 1.54) is 4.31 Å². The number of para-hydroxylation sites is 2. The molecule has 35 heavy (non-hydrogen) atoms. The number of hydrogen-bond donors (Lipinski definition) is 1. The van der Waals surface area contributed by atoms with Gasteiger partial charge < -0.3 is 14.8 Å². The number of nitrogens with one attached hydrogen (secondary N) is 1. The van der Waals surface area contributed by atoms with Crippen molar-refractivity contribution in [2.45, 2.75) is 31.8 Å². The Morgan fingerprint density at radius 3 is 2.46 bits per heavy atom. The van der Waals surface area contributed by atoms with E-state index in [2.05, 4.69) is 5.32 Å². The first-order valence-corrected chi connectivity index (χ1v) is 12.6. The van der Waals surface area contributed by atoms with Crippen LogP contribution >= 0.6 is 0 Å². The molecule has 0 saturated carbocycles. The van der Waals surface area contributed by atoms with Gasteiger partial charge in [-0.05, 0) is 68.8 Å². The van der Waals surface area contributed by atoms with E-state index in [-0.39, 0.29) is 18.0 Å². The summed E-state index contributed by atoms with van der Waals surface area (Å²) in [6.07, 6.45) is -1.09. The van der Waals surface area contributed by atoms with E-state index in [0.717, 1.165) is 5.56 Å². The monoisotopic (exact) mass is 494 g/mol. The number of aryl methyl sites for hydroxylation is 2. The van der Waals surface area contributed by atoms with Gasteiger partial charge in [-0.3, -0.25) is 9.10 Å². The lowest BCUT2D eigenvalue weighted by atomic mass is 10.1. The van der Waals surface area contributed by atoms with E-state index in [1.807, 2.05) is 6.92 Å². The Morgan fingerprint density at radius 2 is 1.77 bits per heavy atom. The molecule has 182 valence electrons. The number of esters is 1. The molecule has 3 aromatic carbocycles. The summed E-state index contributed by atoms with van der Waals surface area (Å²) in [6, 6.07) is 18.1. The molecule has 1 aliphatic heterocycles. The largest absolute Gasteiger partial charge is 0.476 e. The number of carbonyl (C=O) groups is 2. The second-order valence-corrected chi connectivity index (χ2v) is 10.0. The first-order chi connectivity index (χ1) is 16.7. The highest BCUT2D eigenvalue weighted by molar-refractivity contribution is 7.92. The number of hydrogen-bond acceptors (Lipinski definition) is 6. The third-order valence-electron chi connectivity index (χ3n) is 5.63. The number of sulfonamides is 1. The summed E-state index contributed by atoms with van der Waals surface area (Å²) in [6.45, 7) is 5.42. The molecule has 1 atom stereocenters. The normalized spacial score (nSPS) is 15.1. The Bertz CT molecular complexity index is 1370. The van der Waals surface area contributed by atoms with Crippen molar-refractivity contribution in [3.8, 4) is 5.75 Å². The number of amides is 1. The Hall–Kier alpha value is -3.85. The molecule has 0 aliphatic carbocycles. The third-order valence-corrected chi connectivity index (χ3v) is 7.43. The molecule has 0 spiro atoms. The second-order valence-electron chi connectivity index (χ2n) is 8.16. The highest BCUT2D eigenvalue weighted by atomic mass is 32.2. The predicted octanol–water partition coefficient (Wildman–Crippen LogP) is 4.08. The van der Waals surface area contributed by atoms with Gasteiger partial charge in [-0.25, -0.2) is 13.2 Å². The molecule has 8 nitrogen and oxygen atoms in total. The molecular weight excluding hydrogens is 468 g/mol. The number of fused-ring (bicyclic) bond motifs is 1. The standard InChI is InChI=1S/C26H26N2O6S/c1-4-33-26(30)19-11-14-21(18(3)15-19)27-25(29)24-16-28(22-7-5-6-8-23(22)34-24)35(31,32)20-12-9-17(2)10-13-20/h5-15,24H,4,16H2,1-3H3,(H,27,29). The van der Waals surface area contributed by atoms with Crippen LogP contribution in [0.25, 0.3) is 0 Å². The average molecular weight is 495 g/mol. The number of carbonyl (C=O) groups excluding carboxylic acids is 2. The lowest BCUT2D eigenvalue weighted by Crippen LogP contribution is -2.48. The molecule has 1 amide bonds. The molecule has 1 unspecified atom stereocenters. The van der Waals surface area contributed by atoms with Crippen molar-refractivity contribution in [3.05, 3.63) is 83.4 Å². The molecule has 3 aromatic rings. The summed E-state index contributed by atoms with van der Waals surface area (Å²) in [4.78, 5) is 25.3. The summed E-state index contributed by atoms with van der Waals surface area (Å²) < 4.78 is 39.1. The average Bonchev–Trinajstić information content (AvgIpc) is 2.84. The molecule has 1 aliphatic rings. The minimum Gasteiger partial charge on any atom is -0.476 e. The molecular formula is C26H26N2O6S. The maximum atomic E-state index is 13.5. The van der Waals surface area contributed by atoms with Crippen LogP contribution in [-0.2, 0) is 19.6 Å². The maximum absolute atomic E-state index is 13.5. The first-order valence-electron chi connectivity index (χ1n) is 11.1. The molecule has 4 rings (SSSR count). The van der Waals surface area contributed by atoms with Crippen LogP contribution in [0, 0.1) is 13.8 Å². The van der Waals surface area contributed by atoms with E-state index >= 15 is 0 Å². The van der Waals surface area contributed by atoms with Crippen LogP contribution in [-0.4, -0.2) is 39.5 Å². The van der Waals surface area contributed by atoms with Gasteiger partial charge in [0.05, 0.1) is 29.3 Å². The van der Waals surface area contributed by atoms with E-state index < -0.39 is 28.0 Å². The summed E-state index contributed by atoms with van der Waals surface area (Å²) in [5, 5.41) is 2.79. The number of benzene rings is 3. The molecule has 0 saturated heterocycles. The summed E-state index contributed by atoms with van der Waals surface area (Å²) in [5.41, 5.74) is 2.82. The van der Waals surface area contributed by atoms with E-state index in [4.69, 9.17) is 9.47 Å². The second kappa shape index (κ2) is 9.79. The Morgan fingerprint density at radius 1 is 1.06 bits per heavy atom. The Labute approximate surface area is 204 Å². The zero-order valence-corrected chi connectivity index (χ0v) is 20.5. The van der Waals surface area contributed by atoms with Gasteiger partial charge in [0.25, 0.3) is 15.9 Å². The fraction of sp³-hybridized carbons (Fsp3) is 0.231. The number of anilines is 2. The summed E-state index contributed by atoms with van der Waals surface area (Å²) in [7, 11) is -3.94. The third kappa shape index (κ3) is 5.00. The molecule has 0 aromatic heterocycles. The molecule has 0 bridgehead atoms. The topological polar surface area (TPSA) is 102 Å². The highest BCUT2D eigenvalue weighted by Gasteiger charge is 2.37. The molecule has 0 radical (unpaired) electrons. The van der Waals surface area contributed by atoms with Gasteiger partial charge >= 0.3 is 5.97 Å². The van der Waals surface area contributed by atoms with Crippen molar-refractivity contribution in [1.82, 2.24) is 0 Å². The van der Waals surface area contributed by atoms with Crippen LogP contribution in [0.4, 0.5) is 11.4 Å². The van der Waals surface area contributed by atoms with Crippen molar-refractivity contribution in [2.75, 3.05) is 22.8 Å². The van der Waals surface area contributed by atoms with Crippen molar-refractivity contribution in [1.29, 1.82) is 0 Å². The van der Waals surface area contributed by atoms with Gasteiger partial charge in [-0.2, -0.15) is 0 Å². The van der Waals surface area contributed by atoms with Gasteiger partial charge in [0.15, 0.2) is 6.10 Å². The lowest BCUT2D eigenvalue weighted by molar-refractivity contribution is -0.122. The molecule has 9 heteroatoms.